The molecule has 0 radical (unpaired) electrons. The minimum atomic E-state index is -3.51. The van der Waals surface area contributed by atoms with Crippen molar-refractivity contribution in [3.63, 3.8) is 0 Å². The summed E-state index contributed by atoms with van der Waals surface area (Å²) in [7, 11) is -3.51. The van der Waals surface area contributed by atoms with E-state index < -0.39 is 15.8 Å². The summed E-state index contributed by atoms with van der Waals surface area (Å²) in [4.78, 5) is 14.9. The lowest BCUT2D eigenvalue weighted by molar-refractivity contribution is -0.120. The van der Waals surface area contributed by atoms with Crippen LogP contribution in [0.5, 0.6) is 0 Å². The zero-order chi connectivity index (χ0) is 22.6. The fraction of sp³-hybridized carbons (Fsp3) is 0.435. The highest BCUT2D eigenvalue weighted by molar-refractivity contribution is 7.88. The summed E-state index contributed by atoms with van der Waals surface area (Å²) < 4.78 is 45.2. The van der Waals surface area contributed by atoms with E-state index in [1.54, 1.807) is 0 Å². The van der Waals surface area contributed by atoms with Crippen LogP contribution in [0.4, 0.5) is 15.8 Å². The van der Waals surface area contributed by atoms with Gasteiger partial charge in [-0.1, -0.05) is 12.1 Å². The van der Waals surface area contributed by atoms with Crippen molar-refractivity contribution in [2.24, 2.45) is 5.92 Å². The first-order valence-electron chi connectivity index (χ1n) is 10.9. The Kier molecular flexibility index (Phi) is 7.07. The van der Waals surface area contributed by atoms with Gasteiger partial charge in [0.15, 0.2) is 0 Å². The van der Waals surface area contributed by atoms with Crippen LogP contribution < -0.4 is 10.2 Å². The number of sulfonamides is 1. The molecule has 32 heavy (non-hydrogen) atoms. The maximum Gasteiger partial charge on any atom is 0.227 e. The van der Waals surface area contributed by atoms with Crippen molar-refractivity contribution in [3.05, 3.63) is 59.9 Å². The molecule has 1 N–H and O–H groups in total. The Balaban J connectivity index is 1.28. The number of carbonyl (C=O) groups excluding carboxylic acids is 1. The molecule has 4 rings (SSSR count). The Morgan fingerprint density at radius 1 is 0.969 bits per heavy atom. The first kappa shape index (κ1) is 22.7. The molecule has 2 saturated heterocycles. The molecule has 172 valence electrons. The highest BCUT2D eigenvalue weighted by Crippen LogP contribution is 2.24. The van der Waals surface area contributed by atoms with Gasteiger partial charge in [0.25, 0.3) is 0 Å². The number of hydrogen-bond acceptors (Lipinski definition) is 5. The number of nitrogens with one attached hydrogen (secondary N) is 1. The third-order valence-corrected chi connectivity index (χ3v) is 7.84. The molecule has 7 nitrogen and oxygen atoms in total. The number of halogens is 1. The van der Waals surface area contributed by atoms with Crippen LogP contribution in [0, 0.1) is 11.7 Å². The molecule has 0 spiro atoms. The van der Waals surface area contributed by atoms with Crippen LogP contribution in [-0.4, -0.2) is 58.0 Å². The van der Waals surface area contributed by atoms with Crippen molar-refractivity contribution in [1.29, 1.82) is 0 Å². The first-order valence-corrected chi connectivity index (χ1v) is 12.5. The fourth-order valence-electron chi connectivity index (χ4n) is 4.10. The van der Waals surface area contributed by atoms with Crippen molar-refractivity contribution in [1.82, 2.24) is 4.31 Å². The summed E-state index contributed by atoms with van der Waals surface area (Å²) in [5.74, 6) is -0.876. The highest BCUT2D eigenvalue weighted by Gasteiger charge is 2.31. The van der Waals surface area contributed by atoms with Gasteiger partial charge in [0, 0.05) is 43.5 Å². The second kappa shape index (κ2) is 9.97. The van der Waals surface area contributed by atoms with Gasteiger partial charge in [0.2, 0.25) is 15.9 Å². The second-order valence-corrected chi connectivity index (χ2v) is 10.2. The molecule has 0 aliphatic carbocycles. The van der Waals surface area contributed by atoms with Crippen molar-refractivity contribution in [2.45, 2.75) is 18.6 Å². The summed E-state index contributed by atoms with van der Waals surface area (Å²) >= 11 is 0. The smallest absolute Gasteiger partial charge is 0.227 e. The van der Waals surface area contributed by atoms with E-state index in [-0.39, 0.29) is 17.6 Å². The first-order chi connectivity index (χ1) is 15.4. The monoisotopic (exact) mass is 461 g/mol. The van der Waals surface area contributed by atoms with Gasteiger partial charge >= 0.3 is 0 Å². The predicted octanol–water partition coefficient (Wildman–Crippen LogP) is 2.84. The molecule has 2 heterocycles. The van der Waals surface area contributed by atoms with E-state index in [2.05, 4.69) is 10.2 Å². The second-order valence-electron chi connectivity index (χ2n) is 8.19. The number of piperidine rings is 1. The van der Waals surface area contributed by atoms with Gasteiger partial charge in [0.1, 0.15) is 5.82 Å². The van der Waals surface area contributed by atoms with Crippen LogP contribution in [0.15, 0.2) is 48.5 Å². The van der Waals surface area contributed by atoms with Crippen molar-refractivity contribution >= 4 is 27.3 Å². The average Bonchev–Trinajstić information content (AvgIpc) is 2.81. The van der Waals surface area contributed by atoms with Crippen LogP contribution in [0.3, 0.4) is 0 Å². The van der Waals surface area contributed by atoms with Gasteiger partial charge in [-0.3, -0.25) is 4.79 Å². The summed E-state index contributed by atoms with van der Waals surface area (Å²) in [6.07, 6.45) is 0.945. The van der Waals surface area contributed by atoms with Crippen LogP contribution in [0.25, 0.3) is 0 Å². The van der Waals surface area contributed by atoms with E-state index in [1.807, 2.05) is 24.3 Å². The van der Waals surface area contributed by atoms with E-state index >= 15 is 0 Å². The minimum Gasteiger partial charge on any atom is -0.378 e. The zero-order valence-electron chi connectivity index (χ0n) is 17.9. The number of rotatable bonds is 6. The fourth-order valence-corrected chi connectivity index (χ4v) is 5.66. The van der Waals surface area contributed by atoms with Crippen LogP contribution in [0.2, 0.25) is 0 Å². The highest BCUT2D eigenvalue weighted by atomic mass is 32.2. The number of hydrogen-bond donors (Lipinski definition) is 1. The van der Waals surface area contributed by atoms with Crippen molar-refractivity contribution < 1.29 is 22.3 Å². The van der Waals surface area contributed by atoms with E-state index in [1.165, 1.54) is 28.6 Å². The normalized spacial score (nSPS) is 18.5. The molecule has 0 bridgehead atoms. The van der Waals surface area contributed by atoms with Crippen LogP contribution in [0.1, 0.15) is 18.4 Å². The molecule has 2 aliphatic heterocycles. The molecular formula is C23H28FN3O4S. The maximum absolute atomic E-state index is 13.0. The quantitative estimate of drug-likeness (QED) is 0.716. The number of anilines is 2. The van der Waals surface area contributed by atoms with Gasteiger partial charge in [-0.2, -0.15) is 0 Å². The Bertz CT molecular complexity index is 1010. The molecular weight excluding hydrogens is 433 g/mol. The molecule has 0 atom stereocenters. The molecule has 1 amide bonds. The zero-order valence-corrected chi connectivity index (χ0v) is 18.7. The van der Waals surface area contributed by atoms with E-state index in [0.717, 1.165) is 37.7 Å². The van der Waals surface area contributed by atoms with Crippen LogP contribution >= 0.6 is 0 Å². The molecule has 2 aromatic carbocycles. The van der Waals surface area contributed by atoms with Gasteiger partial charge in [-0.15, -0.1) is 0 Å². The Labute approximate surface area is 188 Å². The molecule has 0 unspecified atom stereocenters. The summed E-state index contributed by atoms with van der Waals surface area (Å²) in [5, 5.41) is 2.95. The number of amides is 1. The summed E-state index contributed by atoms with van der Waals surface area (Å²) in [6.45, 7) is 3.76. The van der Waals surface area contributed by atoms with Gasteiger partial charge in [0.05, 0.1) is 19.0 Å². The SMILES string of the molecule is O=C(Nc1ccc(N2CCOCC2)cc1)C1CCN(S(=O)(=O)Cc2ccc(F)cc2)CC1. The van der Waals surface area contributed by atoms with Gasteiger partial charge < -0.3 is 15.0 Å². The number of morpholine rings is 1. The molecule has 2 fully saturated rings. The lowest BCUT2D eigenvalue weighted by Crippen LogP contribution is -2.41. The van der Waals surface area contributed by atoms with E-state index in [4.69, 9.17) is 4.74 Å². The summed E-state index contributed by atoms with van der Waals surface area (Å²) in [5.41, 5.74) is 2.39. The van der Waals surface area contributed by atoms with Crippen LogP contribution in [-0.2, 0) is 25.3 Å². The predicted molar refractivity (Wildman–Crippen MR) is 121 cm³/mol. The van der Waals surface area contributed by atoms with E-state index in [9.17, 15) is 17.6 Å². The minimum absolute atomic E-state index is 0.0836. The summed E-state index contributed by atoms with van der Waals surface area (Å²) in [6, 6.07) is 13.3. The topological polar surface area (TPSA) is 79.0 Å². The standard InChI is InChI=1S/C23H28FN3O4S/c24-20-3-1-18(2-4-20)17-32(29,30)27-11-9-19(10-12-27)23(28)25-21-5-7-22(8-6-21)26-13-15-31-16-14-26/h1-8,19H,9-17H2,(H,25,28). The third-order valence-electron chi connectivity index (χ3n) is 5.99. The number of nitrogens with zero attached hydrogens (tertiary/aromatic N) is 2. The lowest BCUT2D eigenvalue weighted by atomic mass is 9.97. The Morgan fingerprint density at radius 3 is 2.22 bits per heavy atom. The Hall–Kier alpha value is -2.49. The average molecular weight is 462 g/mol. The number of benzene rings is 2. The molecule has 2 aromatic rings. The maximum atomic E-state index is 13.0. The number of ether oxygens (including phenoxy) is 1. The van der Waals surface area contributed by atoms with Gasteiger partial charge in [-0.05, 0) is 54.8 Å². The number of carbonyl (C=O) groups is 1. The molecule has 9 heteroatoms. The van der Waals surface area contributed by atoms with E-state index in [0.29, 0.717) is 31.5 Å². The third kappa shape index (κ3) is 5.65. The van der Waals surface area contributed by atoms with Crippen molar-refractivity contribution in [2.75, 3.05) is 49.6 Å². The Morgan fingerprint density at radius 2 is 1.59 bits per heavy atom. The van der Waals surface area contributed by atoms with Gasteiger partial charge in [-0.25, -0.2) is 17.1 Å². The molecule has 2 aliphatic rings. The van der Waals surface area contributed by atoms with Crippen molar-refractivity contribution in [3.8, 4) is 0 Å². The molecule has 0 saturated carbocycles. The largest absolute Gasteiger partial charge is 0.378 e. The lowest BCUT2D eigenvalue weighted by Gasteiger charge is -2.31. The molecule has 0 aromatic heterocycles.